The van der Waals surface area contributed by atoms with Crippen LogP contribution in [0.5, 0.6) is 5.75 Å². The Bertz CT molecular complexity index is 675. The van der Waals surface area contributed by atoms with Crippen molar-refractivity contribution in [2.24, 2.45) is 5.92 Å². The molecule has 7 nitrogen and oxygen atoms in total. The number of likely N-dealkylation sites (N-methyl/N-ethyl adjacent to an activating group) is 1. The number of methoxy groups -OCH3 is 1. The van der Waals surface area contributed by atoms with Gasteiger partial charge in [0.15, 0.2) is 0 Å². The maximum atomic E-state index is 12.5. The van der Waals surface area contributed by atoms with Crippen LogP contribution in [0.1, 0.15) is 19.8 Å². The second kappa shape index (κ2) is 8.50. The van der Waals surface area contributed by atoms with Gasteiger partial charge in [0.05, 0.1) is 39.4 Å². The number of urea groups is 1. The Balaban J connectivity index is 1.84. The Labute approximate surface area is 164 Å². The van der Waals surface area contributed by atoms with E-state index in [0.717, 1.165) is 10.6 Å². The molecule has 1 heterocycles. The summed E-state index contributed by atoms with van der Waals surface area (Å²) in [6, 6.07) is 7.29. The Morgan fingerprint density at radius 1 is 1.41 bits per heavy atom. The highest BCUT2D eigenvalue weighted by Crippen LogP contribution is 2.28. The average Bonchev–Trinajstić information content (AvgIpc) is 2.77. The van der Waals surface area contributed by atoms with E-state index in [1.807, 2.05) is 24.3 Å². The van der Waals surface area contributed by atoms with E-state index in [1.54, 1.807) is 26.1 Å². The molecule has 0 bridgehead atoms. The second-order valence-corrected chi connectivity index (χ2v) is 8.59. The molecule has 0 saturated carbocycles. The first-order chi connectivity index (χ1) is 12.6. The first-order valence-electron chi connectivity index (χ1n) is 8.92. The molecule has 2 unspecified atom stereocenters. The highest BCUT2D eigenvalue weighted by molar-refractivity contribution is 7.99. The van der Waals surface area contributed by atoms with E-state index in [0.29, 0.717) is 25.1 Å². The molecule has 8 heteroatoms. The third-order valence-corrected chi connectivity index (χ3v) is 6.43. The zero-order valence-electron chi connectivity index (χ0n) is 16.3. The normalized spacial score (nSPS) is 22.7. The Morgan fingerprint density at radius 3 is 2.52 bits per heavy atom. The Morgan fingerprint density at radius 2 is 2.04 bits per heavy atom. The van der Waals surface area contributed by atoms with Gasteiger partial charge in [0.1, 0.15) is 5.75 Å². The highest BCUT2D eigenvalue weighted by atomic mass is 32.2. The Kier molecular flexibility index (Phi) is 6.77. The molecule has 1 N–H and O–H groups in total. The predicted octanol–water partition coefficient (Wildman–Crippen LogP) is 1.86. The van der Waals surface area contributed by atoms with Crippen LogP contribution in [0.2, 0.25) is 0 Å². The van der Waals surface area contributed by atoms with Gasteiger partial charge >= 0.3 is 12.0 Å². The van der Waals surface area contributed by atoms with Crippen LogP contribution in [0.4, 0.5) is 4.79 Å². The van der Waals surface area contributed by atoms with E-state index >= 15 is 0 Å². The van der Waals surface area contributed by atoms with Crippen molar-refractivity contribution in [1.29, 1.82) is 0 Å². The quantitative estimate of drug-likeness (QED) is 0.506. The molecule has 0 radical (unpaired) electrons. The summed E-state index contributed by atoms with van der Waals surface area (Å²) in [4.78, 5) is 26.5. The van der Waals surface area contributed by atoms with E-state index in [-0.39, 0.29) is 17.1 Å². The first kappa shape index (κ1) is 21.5. The summed E-state index contributed by atoms with van der Waals surface area (Å²) in [6.07, 6.45) is 1.02. The fourth-order valence-corrected chi connectivity index (χ4v) is 4.04. The number of carbonyl (C=O) groups is 2. The summed E-state index contributed by atoms with van der Waals surface area (Å²) in [5.74, 6) is -0.128. The van der Waals surface area contributed by atoms with Crippen LogP contribution in [0, 0.1) is 5.92 Å². The van der Waals surface area contributed by atoms with Crippen molar-refractivity contribution in [3.8, 4) is 5.75 Å². The number of carboxylic acid groups (broad SMARTS) is 1. The summed E-state index contributed by atoms with van der Waals surface area (Å²) in [6.45, 7) is 2.10. The van der Waals surface area contributed by atoms with Gasteiger partial charge < -0.3 is 14.9 Å². The van der Waals surface area contributed by atoms with E-state index < -0.39 is 17.6 Å². The number of hydrogen-bond donors (Lipinski definition) is 1. The summed E-state index contributed by atoms with van der Waals surface area (Å²) in [5, 5.41) is 22.0. The molecule has 1 aromatic carbocycles. The molecule has 150 valence electrons. The van der Waals surface area contributed by atoms with Crippen LogP contribution < -0.4 is 9.84 Å². The van der Waals surface area contributed by atoms with Gasteiger partial charge in [-0.3, -0.25) is 14.2 Å². The van der Waals surface area contributed by atoms with E-state index in [1.165, 1.54) is 18.7 Å². The molecular formula is C19H28N2O5S. The van der Waals surface area contributed by atoms with Gasteiger partial charge in [0.25, 0.3) is 0 Å². The number of carboxylic acids is 1. The number of hydrogen-bond acceptors (Lipinski definition) is 5. The lowest BCUT2D eigenvalue weighted by Gasteiger charge is -2.41. The van der Waals surface area contributed by atoms with E-state index in [2.05, 4.69) is 0 Å². The highest BCUT2D eigenvalue weighted by Gasteiger charge is 2.49. The van der Waals surface area contributed by atoms with Gasteiger partial charge in [-0.2, -0.15) is 0 Å². The number of nitrogens with zero attached hydrogens (tertiary/aromatic N) is 2. The SMILES string of the molecule is COc1ccc(SCC(CCCN2CC(C)([O-])[N+](C)(C)C2=O)C(=O)O)cc1. The van der Waals surface area contributed by atoms with Gasteiger partial charge in [-0.25, -0.2) is 4.79 Å². The molecule has 0 aromatic heterocycles. The topological polar surface area (TPSA) is 89.9 Å². The van der Waals surface area contributed by atoms with Crippen molar-refractivity contribution in [1.82, 2.24) is 4.90 Å². The fraction of sp³-hybridized carbons (Fsp3) is 0.579. The minimum absolute atomic E-state index is 0.150. The lowest BCUT2D eigenvalue weighted by atomic mass is 10.1. The number of carbonyl (C=O) groups excluding carboxylic acids is 1. The third-order valence-electron chi connectivity index (χ3n) is 5.26. The van der Waals surface area contributed by atoms with Gasteiger partial charge in [-0.05, 0) is 44.0 Å². The molecule has 1 aromatic rings. The Hall–Kier alpha value is -1.77. The van der Waals surface area contributed by atoms with Gasteiger partial charge in [-0.1, -0.05) is 0 Å². The molecule has 27 heavy (non-hydrogen) atoms. The maximum Gasteiger partial charge on any atom is 0.418 e. The van der Waals surface area contributed by atoms with Crippen LogP contribution in [0.25, 0.3) is 0 Å². The summed E-state index contributed by atoms with van der Waals surface area (Å²) >= 11 is 1.49. The van der Waals surface area contributed by atoms with Gasteiger partial charge in [0.2, 0.25) is 0 Å². The van der Waals surface area contributed by atoms with Gasteiger partial charge in [0, 0.05) is 17.2 Å². The van der Waals surface area contributed by atoms with Crippen LogP contribution in [0.3, 0.4) is 0 Å². The molecule has 1 fully saturated rings. The fourth-order valence-electron chi connectivity index (χ4n) is 3.00. The monoisotopic (exact) mass is 396 g/mol. The second-order valence-electron chi connectivity index (χ2n) is 7.50. The van der Waals surface area contributed by atoms with Crippen molar-refractivity contribution >= 4 is 23.8 Å². The molecule has 2 amide bonds. The van der Waals surface area contributed by atoms with Crippen molar-refractivity contribution in [2.75, 3.05) is 40.0 Å². The van der Waals surface area contributed by atoms with Crippen LogP contribution in [-0.2, 0) is 4.79 Å². The van der Waals surface area contributed by atoms with Crippen LogP contribution >= 0.6 is 11.8 Å². The zero-order valence-corrected chi connectivity index (χ0v) is 17.1. The predicted molar refractivity (Wildman–Crippen MR) is 102 cm³/mol. The number of rotatable bonds is 9. The molecule has 2 rings (SSSR count). The average molecular weight is 397 g/mol. The van der Waals surface area contributed by atoms with Crippen molar-refractivity contribution in [3.63, 3.8) is 0 Å². The smallest absolute Gasteiger partial charge is 0.418 e. The van der Waals surface area contributed by atoms with E-state index in [4.69, 9.17) is 4.74 Å². The summed E-state index contributed by atoms with van der Waals surface area (Å²) in [5.41, 5.74) is -1.38. The standard InChI is InChI=1S/C19H28N2O5S/c1-19(25)13-20(18(24)21(19,2)3)11-5-6-14(17(22)23)12-27-16-9-7-15(26-4)8-10-16/h7-10,14H,5-6,11-13H2,1-4H3,(H,22,23). The number of aliphatic carboxylic acids is 1. The minimum atomic E-state index is -1.38. The number of quaternary nitrogens is 1. The number of amides is 2. The van der Waals surface area contributed by atoms with Crippen molar-refractivity contribution in [2.45, 2.75) is 30.4 Å². The summed E-state index contributed by atoms with van der Waals surface area (Å²) < 4.78 is 4.89. The number of ether oxygens (including phenoxy) is 1. The molecule has 1 aliphatic heterocycles. The van der Waals surface area contributed by atoms with Crippen LogP contribution in [-0.4, -0.2) is 72.3 Å². The molecule has 0 spiro atoms. The van der Waals surface area contributed by atoms with Gasteiger partial charge in [-0.15, -0.1) is 11.8 Å². The number of benzene rings is 1. The molecule has 1 aliphatic rings. The molecule has 0 aliphatic carbocycles. The minimum Gasteiger partial charge on any atom is -0.802 e. The van der Waals surface area contributed by atoms with E-state index in [9.17, 15) is 19.8 Å². The lowest BCUT2D eigenvalue weighted by molar-refractivity contribution is -0.945. The van der Waals surface area contributed by atoms with Crippen LogP contribution in [0.15, 0.2) is 29.2 Å². The molecule has 1 saturated heterocycles. The van der Waals surface area contributed by atoms with Crippen molar-refractivity contribution < 1.29 is 29.0 Å². The lowest BCUT2D eigenvalue weighted by Crippen LogP contribution is -2.64. The maximum absolute atomic E-state index is 12.5. The first-order valence-corrected chi connectivity index (χ1v) is 9.90. The molecular weight excluding hydrogens is 368 g/mol. The number of thioether (sulfide) groups is 1. The van der Waals surface area contributed by atoms with Crippen molar-refractivity contribution in [3.05, 3.63) is 24.3 Å². The molecule has 2 atom stereocenters. The largest absolute Gasteiger partial charge is 0.802 e. The summed E-state index contributed by atoms with van der Waals surface area (Å²) in [7, 11) is 4.85. The zero-order chi connectivity index (χ0) is 20.2. The third kappa shape index (κ3) is 4.94.